The van der Waals surface area contributed by atoms with Crippen LogP contribution in [0.3, 0.4) is 0 Å². The molecular formula is C19H25ClN6O2. The molecule has 1 aliphatic heterocycles. The number of carbonyl (C=O) groups excluding carboxylic acids is 1. The maximum absolute atomic E-state index is 13.0. The zero-order valence-corrected chi connectivity index (χ0v) is 17.5. The number of methoxy groups -OCH3 is 1. The topological polar surface area (TPSA) is 97.5 Å². The number of carbonyl (C=O) groups is 1. The number of nitrogens with two attached hydrogens (primary N) is 1. The first-order valence-corrected chi connectivity index (χ1v) is 9.36. The van der Waals surface area contributed by atoms with Crippen molar-refractivity contribution in [3.8, 4) is 5.75 Å². The Morgan fingerprint density at radius 2 is 2.07 bits per heavy atom. The Kier molecular flexibility index (Phi) is 5.71. The number of anilines is 2. The van der Waals surface area contributed by atoms with Crippen LogP contribution in [0.15, 0.2) is 6.20 Å². The van der Waals surface area contributed by atoms with Gasteiger partial charge in [0.05, 0.1) is 30.8 Å². The van der Waals surface area contributed by atoms with Crippen LogP contribution in [-0.4, -0.2) is 59.9 Å². The quantitative estimate of drug-likeness (QED) is 0.756. The summed E-state index contributed by atoms with van der Waals surface area (Å²) < 4.78 is 5.52. The summed E-state index contributed by atoms with van der Waals surface area (Å²) >= 11 is 6.28. The van der Waals surface area contributed by atoms with E-state index in [4.69, 9.17) is 22.1 Å². The summed E-state index contributed by atoms with van der Waals surface area (Å²) in [5, 5.41) is 0.0899. The van der Waals surface area contributed by atoms with Gasteiger partial charge in [0.1, 0.15) is 16.7 Å². The lowest BCUT2D eigenvalue weighted by Gasteiger charge is -2.35. The molecule has 3 heterocycles. The predicted octanol–water partition coefficient (Wildman–Crippen LogP) is 2.11. The van der Waals surface area contributed by atoms with E-state index in [2.05, 4.69) is 15.0 Å². The number of hydrogen-bond donors (Lipinski definition) is 1. The molecule has 28 heavy (non-hydrogen) atoms. The van der Waals surface area contributed by atoms with Crippen LogP contribution in [0, 0.1) is 19.8 Å². The van der Waals surface area contributed by atoms with E-state index in [9.17, 15) is 4.79 Å². The van der Waals surface area contributed by atoms with Gasteiger partial charge in [0, 0.05) is 30.4 Å². The number of nitrogens with zero attached hydrogens (tertiary/aromatic N) is 5. The highest BCUT2D eigenvalue weighted by molar-refractivity contribution is 6.34. The van der Waals surface area contributed by atoms with Crippen molar-refractivity contribution < 1.29 is 9.53 Å². The number of ether oxygens (including phenoxy) is 1. The van der Waals surface area contributed by atoms with Gasteiger partial charge in [-0.15, -0.1) is 0 Å². The Labute approximate surface area is 169 Å². The number of rotatable bonds is 5. The summed E-state index contributed by atoms with van der Waals surface area (Å²) in [4.78, 5) is 29.9. The zero-order valence-electron chi connectivity index (χ0n) is 16.8. The number of ketones is 1. The fourth-order valence-electron chi connectivity index (χ4n) is 3.65. The first-order valence-electron chi connectivity index (χ1n) is 8.98. The van der Waals surface area contributed by atoms with Crippen molar-refractivity contribution in [2.75, 3.05) is 44.9 Å². The Balaban J connectivity index is 2.05. The molecule has 1 unspecified atom stereocenters. The van der Waals surface area contributed by atoms with E-state index in [1.807, 2.05) is 37.7 Å². The molecule has 0 saturated carbocycles. The molecule has 2 aromatic heterocycles. The van der Waals surface area contributed by atoms with Crippen molar-refractivity contribution in [3.05, 3.63) is 33.7 Å². The summed E-state index contributed by atoms with van der Waals surface area (Å²) in [5.74, 6) is 0.997. The third-order valence-corrected chi connectivity index (χ3v) is 5.17. The maximum atomic E-state index is 13.0. The average molecular weight is 405 g/mol. The van der Waals surface area contributed by atoms with E-state index in [-0.39, 0.29) is 22.8 Å². The molecule has 0 bridgehead atoms. The minimum Gasteiger partial charge on any atom is -0.496 e. The van der Waals surface area contributed by atoms with E-state index in [0.717, 1.165) is 22.6 Å². The lowest BCUT2D eigenvalue weighted by Crippen LogP contribution is -2.44. The van der Waals surface area contributed by atoms with Crippen LogP contribution in [0.2, 0.25) is 5.15 Å². The number of fused-ring (bicyclic) bond motifs is 1. The molecule has 150 valence electrons. The van der Waals surface area contributed by atoms with Crippen LogP contribution in [0.1, 0.15) is 27.2 Å². The maximum Gasteiger partial charge on any atom is 0.223 e. The first kappa shape index (κ1) is 20.3. The summed E-state index contributed by atoms with van der Waals surface area (Å²) in [6, 6.07) is 0. The van der Waals surface area contributed by atoms with Crippen LogP contribution in [-0.2, 0) is 6.54 Å². The number of aryl methyl sites for hydroxylation is 1. The molecule has 0 fully saturated rings. The second kappa shape index (κ2) is 7.89. The Hall–Kier alpha value is -2.45. The average Bonchev–Trinajstić information content (AvgIpc) is 2.60. The predicted molar refractivity (Wildman–Crippen MR) is 109 cm³/mol. The van der Waals surface area contributed by atoms with Gasteiger partial charge in [-0.1, -0.05) is 11.6 Å². The molecule has 1 aliphatic rings. The molecular weight excluding hydrogens is 380 g/mol. The van der Waals surface area contributed by atoms with Gasteiger partial charge in [0.15, 0.2) is 5.78 Å². The molecule has 1 atom stereocenters. The normalized spacial score (nSPS) is 16.5. The summed E-state index contributed by atoms with van der Waals surface area (Å²) in [7, 11) is 5.52. The van der Waals surface area contributed by atoms with Gasteiger partial charge in [-0.05, 0) is 27.9 Å². The number of aromatic nitrogens is 3. The SMILES string of the molecule is COc1c(C)cnc(CN2CC(CN(C)C)C(=O)c3c(Cl)nc(N)nc32)c1C. The van der Waals surface area contributed by atoms with Gasteiger partial charge in [-0.2, -0.15) is 4.98 Å². The van der Waals surface area contributed by atoms with Gasteiger partial charge in [-0.3, -0.25) is 9.78 Å². The molecule has 0 amide bonds. The zero-order chi connectivity index (χ0) is 20.6. The van der Waals surface area contributed by atoms with E-state index in [1.165, 1.54) is 0 Å². The molecule has 8 nitrogen and oxygen atoms in total. The van der Waals surface area contributed by atoms with Crippen molar-refractivity contribution in [3.63, 3.8) is 0 Å². The first-order chi connectivity index (χ1) is 13.2. The largest absolute Gasteiger partial charge is 0.496 e. The summed E-state index contributed by atoms with van der Waals surface area (Å²) in [5.41, 5.74) is 8.90. The smallest absolute Gasteiger partial charge is 0.223 e. The number of hydrogen-bond acceptors (Lipinski definition) is 8. The molecule has 0 spiro atoms. The van der Waals surface area contributed by atoms with Crippen molar-refractivity contribution in [2.24, 2.45) is 5.92 Å². The van der Waals surface area contributed by atoms with Crippen molar-refractivity contribution >= 4 is 29.2 Å². The number of Topliss-reactive ketones (excluding diaryl/α,β-unsaturated/α-hetero) is 1. The Morgan fingerprint density at radius 3 is 2.71 bits per heavy atom. The minimum absolute atomic E-state index is 0.0405. The lowest BCUT2D eigenvalue weighted by molar-refractivity contribution is 0.0891. The summed E-state index contributed by atoms with van der Waals surface area (Å²) in [6.45, 7) is 5.48. The number of nitrogen functional groups attached to an aromatic ring is 1. The summed E-state index contributed by atoms with van der Waals surface area (Å²) in [6.07, 6.45) is 1.79. The van der Waals surface area contributed by atoms with E-state index in [0.29, 0.717) is 31.0 Å². The van der Waals surface area contributed by atoms with Gasteiger partial charge < -0.3 is 20.3 Å². The second-order valence-corrected chi connectivity index (χ2v) is 7.68. The van der Waals surface area contributed by atoms with Gasteiger partial charge in [0.2, 0.25) is 5.95 Å². The van der Waals surface area contributed by atoms with Gasteiger partial charge in [-0.25, -0.2) is 4.98 Å². The highest BCUT2D eigenvalue weighted by atomic mass is 35.5. The van der Waals surface area contributed by atoms with Crippen molar-refractivity contribution in [1.29, 1.82) is 0 Å². The van der Waals surface area contributed by atoms with E-state index in [1.54, 1.807) is 13.3 Å². The minimum atomic E-state index is -0.250. The van der Waals surface area contributed by atoms with E-state index < -0.39 is 0 Å². The third kappa shape index (κ3) is 3.74. The second-order valence-electron chi connectivity index (χ2n) is 7.32. The van der Waals surface area contributed by atoms with Crippen LogP contribution in [0.5, 0.6) is 5.75 Å². The van der Waals surface area contributed by atoms with Gasteiger partial charge in [0.25, 0.3) is 0 Å². The lowest BCUT2D eigenvalue weighted by atomic mass is 9.93. The standard InChI is InChI=1S/C19H25ClN6O2/c1-10-6-22-13(11(2)16(10)28-5)9-26-8-12(7-25(3)4)15(27)14-17(20)23-19(21)24-18(14)26/h6,12H,7-9H2,1-5H3,(H2,21,23,24). The fraction of sp³-hybridized carbons (Fsp3) is 0.474. The van der Waals surface area contributed by atoms with E-state index >= 15 is 0 Å². The molecule has 9 heteroatoms. The highest BCUT2D eigenvalue weighted by Crippen LogP contribution is 2.35. The third-order valence-electron chi connectivity index (χ3n) is 4.90. The molecule has 0 radical (unpaired) electrons. The van der Waals surface area contributed by atoms with Gasteiger partial charge >= 0.3 is 0 Å². The van der Waals surface area contributed by atoms with Crippen molar-refractivity contribution in [2.45, 2.75) is 20.4 Å². The Bertz CT molecular complexity index is 918. The van der Waals surface area contributed by atoms with Crippen LogP contribution in [0.25, 0.3) is 0 Å². The molecule has 2 N–H and O–H groups in total. The molecule has 0 aromatic carbocycles. The Morgan fingerprint density at radius 1 is 1.36 bits per heavy atom. The fourth-order valence-corrected chi connectivity index (χ4v) is 3.91. The van der Waals surface area contributed by atoms with Crippen molar-refractivity contribution in [1.82, 2.24) is 19.9 Å². The molecule has 0 saturated heterocycles. The molecule has 2 aromatic rings. The highest BCUT2D eigenvalue weighted by Gasteiger charge is 2.36. The number of pyridine rings is 1. The number of halogens is 1. The molecule has 3 rings (SSSR count). The monoisotopic (exact) mass is 404 g/mol. The van der Waals surface area contributed by atoms with Crippen LogP contribution < -0.4 is 15.4 Å². The van der Waals surface area contributed by atoms with Crippen LogP contribution >= 0.6 is 11.6 Å². The van der Waals surface area contributed by atoms with Crippen LogP contribution in [0.4, 0.5) is 11.8 Å². The molecule has 0 aliphatic carbocycles.